The molecule has 1 aliphatic carbocycles. The lowest BCUT2D eigenvalue weighted by atomic mass is 10.0. The second-order valence-electron chi connectivity index (χ2n) is 7.07. The van der Waals surface area contributed by atoms with Crippen molar-refractivity contribution in [1.82, 2.24) is 4.90 Å². The van der Waals surface area contributed by atoms with E-state index >= 15 is 0 Å². The first-order valence-corrected chi connectivity index (χ1v) is 9.12. The summed E-state index contributed by atoms with van der Waals surface area (Å²) in [5, 5.41) is 0.983. The number of hydrogen-bond acceptors (Lipinski definition) is 4. The molecule has 25 heavy (non-hydrogen) atoms. The molecule has 2 heterocycles. The van der Waals surface area contributed by atoms with Crippen molar-refractivity contribution in [3.63, 3.8) is 0 Å². The molecule has 1 atom stereocenters. The van der Waals surface area contributed by atoms with Crippen molar-refractivity contribution in [2.24, 2.45) is 0 Å². The first-order valence-electron chi connectivity index (χ1n) is 9.12. The fraction of sp³-hybridized carbons (Fsp3) is 0.500. The van der Waals surface area contributed by atoms with Crippen molar-refractivity contribution in [2.45, 2.75) is 51.6 Å². The number of hydrogen-bond donors (Lipinski definition) is 0. The van der Waals surface area contributed by atoms with E-state index < -0.39 is 6.10 Å². The lowest BCUT2D eigenvalue weighted by Crippen LogP contribution is -2.38. The van der Waals surface area contributed by atoms with Crippen LogP contribution in [0.5, 0.6) is 0 Å². The van der Waals surface area contributed by atoms with Gasteiger partial charge in [-0.1, -0.05) is 0 Å². The molecule has 0 radical (unpaired) electrons. The Balaban J connectivity index is 1.44. The summed E-state index contributed by atoms with van der Waals surface area (Å²) in [6.45, 7) is 3.18. The highest BCUT2D eigenvalue weighted by molar-refractivity contribution is 5.88. The predicted octanol–water partition coefficient (Wildman–Crippen LogP) is 3.02. The second kappa shape index (κ2) is 6.54. The highest BCUT2D eigenvalue weighted by Crippen LogP contribution is 2.30. The number of fused-ring (bicyclic) bond motifs is 2. The van der Waals surface area contributed by atoms with Crippen molar-refractivity contribution in [2.75, 3.05) is 13.1 Å². The number of benzene rings is 1. The summed E-state index contributed by atoms with van der Waals surface area (Å²) in [4.78, 5) is 26.3. The number of ether oxygens (including phenoxy) is 1. The lowest BCUT2D eigenvalue weighted by molar-refractivity contribution is -0.158. The Bertz CT molecular complexity index is 816. The molecule has 1 unspecified atom stereocenters. The van der Waals surface area contributed by atoms with Gasteiger partial charge in [-0.15, -0.1) is 0 Å². The van der Waals surface area contributed by atoms with Crippen LogP contribution < -0.4 is 0 Å². The molecule has 0 saturated carbocycles. The van der Waals surface area contributed by atoms with Crippen molar-refractivity contribution in [3.05, 3.63) is 35.1 Å². The van der Waals surface area contributed by atoms with Gasteiger partial charge in [0.15, 0.2) is 6.10 Å². The molecule has 2 aromatic rings. The van der Waals surface area contributed by atoms with Crippen LogP contribution in [0.1, 0.15) is 42.9 Å². The number of nitrogens with zero attached hydrogens (tertiary/aromatic N) is 1. The number of carbonyl (C=O) groups excluding carboxylic acids is 2. The van der Waals surface area contributed by atoms with E-state index in [9.17, 15) is 9.59 Å². The van der Waals surface area contributed by atoms with Gasteiger partial charge in [0, 0.05) is 24.0 Å². The molecular formula is C20H23NO4. The molecule has 1 aliphatic heterocycles. The fourth-order valence-electron chi connectivity index (χ4n) is 3.92. The number of esters is 1. The summed E-state index contributed by atoms with van der Waals surface area (Å²) in [5.74, 6) is -0.482. The van der Waals surface area contributed by atoms with Crippen molar-refractivity contribution in [3.8, 4) is 0 Å². The maximum absolute atomic E-state index is 12.3. The van der Waals surface area contributed by atoms with Crippen LogP contribution in [-0.2, 0) is 33.6 Å². The SMILES string of the molecule is CC(OC(=O)Cc1coc2cc3c(cc12)CCC3)C(=O)N1CCCC1. The number of furan rings is 1. The number of carbonyl (C=O) groups is 2. The van der Waals surface area contributed by atoms with E-state index in [1.54, 1.807) is 18.1 Å². The van der Waals surface area contributed by atoms with Gasteiger partial charge in [-0.05, 0) is 62.3 Å². The maximum atomic E-state index is 12.3. The summed E-state index contributed by atoms with van der Waals surface area (Å²) >= 11 is 0. The van der Waals surface area contributed by atoms with Crippen LogP contribution in [0.3, 0.4) is 0 Å². The first-order chi connectivity index (χ1) is 12.1. The van der Waals surface area contributed by atoms with E-state index in [0.717, 1.165) is 55.3 Å². The Morgan fingerprint density at radius 2 is 1.88 bits per heavy atom. The zero-order valence-electron chi connectivity index (χ0n) is 14.5. The Kier molecular flexibility index (Phi) is 4.24. The van der Waals surface area contributed by atoms with E-state index in [4.69, 9.17) is 9.15 Å². The Morgan fingerprint density at radius 1 is 1.16 bits per heavy atom. The molecular weight excluding hydrogens is 318 g/mol. The second-order valence-corrected chi connectivity index (χ2v) is 7.07. The van der Waals surface area contributed by atoms with E-state index in [1.807, 2.05) is 0 Å². The molecule has 1 fully saturated rings. The van der Waals surface area contributed by atoms with Crippen LogP contribution in [0.15, 0.2) is 22.8 Å². The number of aryl methyl sites for hydroxylation is 2. The zero-order valence-corrected chi connectivity index (χ0v) is 14.5. The zero-order chi connectivity index (χ0) is 17.4. The van der Waals surface area contributed by atoms with Crippen LogP contribution in [0.4, 0.5) is 0 Å². The van der Waals surface area contributed by atoms with Gasteiger partial charge < -0.3 is 14.1 Å². The Morgan fingerprint density at radius 3 is 2.64 bits per heavy atom. The third-order valence-corrected chi connectivity index (χ3v) is 5.28. The third kappa shape index (κ3) is 3.15. The van der Waals surface area contributed by atoms with Crippen molar-refractivity contribution >= 4 is 22.8 Å². The number of amides is 1. The lowest BCUT2D eigenvalue weighted by Gasteiger charge is -2.20. The van der Waals surface area contributed by atoms with Crippen molar-refractivity contribution < 1.29 is 18.7 Å². The third-order valence-electron chi connectivity index (χ3n) is 5.28. The molecule has 5 heteroatoms. The quantitative estimate of drug-likeness (QED) is 0.802. The van der Waals surface area contributed by atoms with Crippen LogP contribution in [-0.4, -0.2) is 36.0 Å². The number of rotatable bonds is 4. The van der Waals surface area contributed by atoms with Crippen LogP contribution in [0.25, 0.3) is 11.0 Å². The van der Waals surface area contributed by atoms with Gasteiger partial charge >= 0.3 is 5.97 Å². The molecule has 1 amide bonds. The van der Waals surface area contributed by atoms with Gasteiger partial charge in [-0.3, -0.25) is 9.59 Å². The molecule has 5 nitrogen and oxygen atoms in total. The topological polar surface area (TPSA) is 59.8 Å². The van der Waals surface area contributed by atoms with E-state index in [0.29, 0.717) is 0 Å². The smallest absolute Gasteiger partial charge is 0.311 e. The minimum atomic E-state index is -0.729. The van der Waals surface area contributed by atoms with E-state index in [2.05, 4.69) is 12.1 Å². The molecule has 132 valence electrons. The van der Waals surface area contributed by atoms with Gasteiger partial charge in [0.1, 0.15) is 5.58 Å². The Hall–Kier alpha value is -2.30. The molecule has 2 aliphatic rings. The van der Waals surface area contributed by atoms with Gasteiger partial charge in [-0.2, -0.15) is 0 Å². The molecule has 0 spiro atoms. The monoisotopic (exact) mass is 341 g/mol. The maximum Gasteiger partial charge on any atom is 0.311 e. The summed E-state index contributed by atoms with van der Waals surface area (Å²) in [5.41, 5.74) is 4.35. The fourth-order valence-corrected chi connectivity index (χ4v) is 3.92. The van der Waals surface area contributed by atoms with Crippen molar-refractivity contribution in [1.29, 1.82) is 0 Å². The van der Waals surface area contributed by atoms with Gasteiger partial charge in [-0.25, -0.2) is 0 Å². The highest BCUT2D eigenvalue weighted by atomic mass is 16.5. The summed E-state index contributed by atoms with van der Waals surface area (Å²) in [7, 11) is 0. The first kappa shape index (κ1) is 16.2. The van der Waals surface area contributed by atoms with Gasteiger partial charge in [0.25, 0.3) is 5.91 Å². The molecule has 0 N–H and O–H groups in total. The molecule has 0 bridgehead atoms. The summed E-state index contributed by atoms with van der Waals surface area (Å²) < 4.78 is 11.0. The molecule has 4 rings (SSSR count). The average molecular weight is 341 g/mol. The van der Waals surface area contributed by atoms with Crippen LogP contribution in [0.2, 0.25) is 0 Å². The average Bonchev–Trinajstić information content (AvgIpc) is 3.33. The van der Waals surface area contributed by atoms with E-state index in [-0.39, 0.29) is 18.3 Å². The molecule has 1 aromatic heterocycles. The standard InChI is InChI=1S/C20H23NO4/c1-13(20(23)21-7-2-3-8-21)25-19(22)11-16-12-24-18-10-15-6-4-5-14(15)9-17(16)18/h9-10,12-13H,2-8,11H2,1H3. The van der Waals surface area contributed by atoms with Crippen LogP contribution >= 0.6 is 0 Å². The van der Waals surface area contributed by atoms with E-state index in [1.165, 1.54) is 17.5 Å². The minimum absolute atomic E-state index is 0.0966. The Labute approximate surface area is 146 Å². The molecule has 1 aromatic carbocycles. The van der Waals surface area contributed by atoms with Gasteiger partial charge in [0.2, 0.25) is 0 Å². The van der Waals surface area contributed by atoms with Gasteiger partial charge in [0.05, 0.1) is 12.7 Å². The number of likely N-dealkylation sites (tertiary alicyclic amines) is 1. The van der Waals surface area contributed by atoms with Crippen LogP contribution in [0, 0.1) is 0 Å². The highest BCUT2D eigenvalue weighted by Gasteiger charge is 2.26. The normalized spacial score (nSPS) is 17.7. The predicted molar refractivity (Wildman–Crippen MR) is 93.3 cm³/mol. The largest absolute Gasteiger partial charge is 0.464 e. The minimum Gasteiger partial charge on any atom is -0.464 e. The summed E-state index contributed by atoms with van der Waals surface area (Å²) in [6.07, 6.45) is 6.44. The summed E-state index contributed by atoms with van der Waals surface area (Å²) in [6, 6.07) is 4.23. The molecule has 1 saturated heterocycles.